The minimum Gasteiger partial charge on any atom is -0.487 e. The van der Waals surface area contributed by atoms with Gasteiger partial charge in [0.15, 0.2) is 6.29 Å². The minimum absolute atomic E-state index is 0.450. The lowest BCUT2D eigenvalue weighted by atomic mass is 10.1. The first-order valence-corrected chi connectivity index (χ1v) is 6.83. The molecule has 0 N–H and O–H groups in total. The number of halogens is 1. The molecule has 0 saturated heterocycles. The van der Waals surface area contributed by atoms with Crippen molar-refractivity contribution in [2.75, 3.05) is 0 Å². The molecule has 0 aliphatic carbocycles. The van der Waals surface area contributed by atoms with Gasteiger partial charge in [-0.1, -0.05) is 35.4 Å². The van der Waals surface area contributed by atoms with Crippen LogP contribution in [0.2, 0.25) is 0 Å². The van der Waals surface area contributed by atoms with Crippen LogP contribution in [-0.4, -0.2) is 6.29 Å². The van der Waals surface area contributed by atoms with Crippen molar-refractivity contribution < 1.29 is 9.53 Å². The maximum Gasteiger partial charge on any atom is 0.153 e. The smallest absolute Gasteiger partial charge is 0.153 e. The number of para-hydroxylation sites is 1. The SMILES string of the molecule is Cc1cc(C)cc(COc2c(Br)cccc2C=O)c1. The third-order valence-electron chi connectivity index (χ3n) is 2.79. The van der Waals surface area contributed by atoms with Crippen LogP contribution in [0.3, 0.4) is 0 Å². The van der Waals surface area contributed by atoms with E-state index in [1.165, 1.54) is 11.1 Å². The fourth-order valence-electron chi connectivity index (χ4n) is 2.08. The quantitative estimate of drug-likeness (QED) is 0.778. The third-order valence-corrected chi connectivity index (χ3v) is 3.41. The first-order chi connectivity index (χ1) is 9.10. The molecule has 0 spiro atoms. The number of hydrogen-bond acceptors (Lipinski definition) is 2. The molecule has 0 radical (unpaired) electrons. The van der Waals surface area contributed by atoms with E-state index in [4.69, 9.17) is 4.74 Å². The van der Waals surface area contributed by atoms with E-state index in [2.05, 4.69) is 48.0 Å². The number of carbonyl (C=O) groups excluding carboxylic acids is 1. The number of ether oxygens (including phenoxy) is 1. The van der Waals surface area contributed by atoms with Crippen molar-refractivity contribution in [3.63, 3.8) is 0 Å². The predicted octanol–water partition coefficient (Wildman–Crippen LogP) is 4.46. The second kappa shape index (κ2) is 6.02. The molecule has 0 aliphatic rings. The molecule has 0 bridgehead atoms. The van der Waals surface area contributed by atoms with Crippen LogP contribution in [0, 0.1) is 13.8 Å². The zero-order valence-electron chi connectivity index (χ0n) is 10.9. The second-order valence-electron chi connectivity index (χ2n) is 4.56. The highest BCUT2D eigenvalue weighted by molar-refractivity contribution is 9.10. The van der Waals surface area contributed by atoms with E-state index in [9.17, 15) is 4.79 Å². The highest BCUT2D eigenvalue weighted by Crippen LogP contribution is 2.28. The molecule has 98 valence electrons. The Bertz CT molecular complexity index is 585. The molecule has 0 fully saturated rings. The van der Waals surface area contributed by atoms with Crippen molar-refractivity contribution in [1.29, 1.82) is 0 Å². The lowest BCUT2D eigenvalue weighted by molar-refractivity contribution is 0.111. The van der Waals surface area contributed by atoms with Gasteiger partial charge in [-0.15, -0.1) is 0 Å². The van der Waals surface area contributed by atoms with E-state index in [0.717, 1.165) is 16.3 Å². The summed E-state index contributed by atoms with van der Waals surface area (Å²) in [6.45, 7) is 4.57. The molecule has 2 rings (SSSR count). The number of carbonyl (C=O) groups is 1. The highest BCUT2D eigenvalue weighted by Gasteiger charge is 2.07. The maximum atomic E-state index is 11.0. The maximum absolute atomic E-state index is 11.0. The molecule has 0 aromatic heterocycles. The zero-order valence-corrected chi connectivity index (χ0v) is 12.5. The van der Waals surface area contributed by atoms with Crippen LogP contribution < -0.4 is 4.74 Å². The molecule has 0 aliphatic heterocycles. The Morgan fingerprint density at radius 3 is 2.47 bits per heavy atom. The first kappa shape index (κ1) is 13.8. The lowest BCUT2D eigenvalue weighted by Crippen LogP contribution is -2.00. The van der Waals surface area contributed by atoms with Crippen molar-refractivity contribution >= 4 is 22.2 Å². The molecule has 3 heteroatoms. The Hall–Kier alpha value is -1.61. The van der Waals surface area contributed by atoms with Gasteiger partial charge in [0.2, 0.25) is 0 Å². The molecule has 2 nitrogen and oxygen atoms in total. The fourth-order valence-corrected chi connectivity index (χ4v) is 2.57. The van der Waals surface area contributed by atoms with Crippen LogP contribution in [0.1, 0.15) is 27.0 Å². The summed E-state index contributed by atoms with van der Waals surface area (Å²) in [6, 6.07) is 11.7. The Kier molecular flexibility index (Phi) is 4.38. The van der Waals surface area contributed by atoms with E-state index in [1.807, 2.05) is 12.1 Å². The van der Waals surface area contributed by atoms with Gasteiger partial charge < -0.3 is 4.74 Å². The number of benzene rings is 2. The van der Waals surface area contributed by atoms with E-state index in [1.54, 1.807) is 6.07 Å². The van der Waals surface area contributed by atoms with E-state index in [0.29, 0.717) is 17.9 Å². The van der Waals surface area contributed by atoms with Gasteiger partial charge in [-0.25, -0.2) is 0 Å². The Morgan fingerprint density at radius 1 is 1.16 bits per heavy atom. The predicted molar refractivity (Wildman–Crippen MR) is 79.8 cm³/mol. The van der Waals surface area contributed by atoms with Gasteiger partial charge in [0, 0.05) is 0 Å². The number of hydrogen-bond donors (Lipinski definition) is 0. The van der Waals surface area contributed by atoms with Crippen molar-refractivity contribution in [2.24, 2.45) is 0 Å². The summed E-state index contributed by atoms with van der Waals surface area (Å²) in [5.74, 6) is 0.594. The first-order valence-electron chi connectivity index (χ1n) is 6.04. The number of aryl methyl sites for hydroxylation is 2. The second-order valence-corrected chi connectivity index (χ2v) is 5.42. The molecule has 19 heavy (non-hydrogen) atoms. The van der Waals surface area contributed by atoms with E-state index in [-0.39, 0.29) is 0 Å². The van der Waals surface area contributed by atoms with E-state index < -0.39 is 0 Å². The highest BCUT2D eigenvalue weighted by atomic mass is 79.9. The molecular formula is C16H15BrO2. The van der Waals surface area contributed by atoms with Gasteiger partial charge in [-0.3, -0.25) is 4.79 Å². The van der Waals surface area contributed by atoms with Crippen LogP contribution in [0.15, 0.2) is 40.9 Å². The van der Waals surface area contributed by atoms with Crippen LogP contribution in [0.25, 0.3) is 0 Å². The minimum atomic E-state index is 0.450. The van der Waals surface area contributed by atoms with Crippen LogP contribution in [-0.2, 0) is 6.61 Å². The summed E-state index contributed by atoms with van der Waals surface area (Å²) in [6.07, 6.45) is 0.807. The van der Waals surface area contributed by atoms with Crippen LogP contribution in [0.4, 0.5) is 0 Å². The topological polar surface area (TPSA) is 26.3 Å². The third kappa shape index (κ3) is 3.44. The van der Waals surface area contributed by atoms with Crippen molar-refractivity contribution in [3.05, 3.63) is 63.1 Å². The summed E-state index contributed by atoms with van der Waals surface area (Å²) in [5, 5.41) is 0. The molecular weight excluding hydrogens is 304 g/mol. The average Bonchev–Trinajstić information content (AvgIpc) is 2.36. The molecule has 2 aromatic rings. The van der Waals surface area contributed by atoms with Crippen molar-refractivity contribution in [3.8, 4) is 5.75 Å². The van der Waals surface area contributed by atoms with Gasteiger partial charge in [-0.05, 0) is 47.5 Å². The van der Waals surface area contributed by atoms with Gasteiger partial charge >= 0.3 is 0 Å². The van der Waals surface area contributed by atoms with Crippen LogP contribution >= 0.6 is 15.9 Å². The standard InChI is InChI=1S/C16H15BrO2/c1-11-6-12(2)8-13(7-11)10-19-16-14(9-18)4-3-5-15(16)17/h3-9H,10H2,1-2H3. The Morgan fingerprint density at radius 2 is 1.84 bits per heavy atom. The Labute approximate surface area is 121 Å². The Balaban J connectivity index is 2.21. The largest absolute Gasteiger partial charge is 0.487 e. The molecule has 0 atom stereocenters. The average molecular weight is 319 g/mol. The molecule has 0 heterocycles. The van der Waals surface area contributed by atoms with Crippen molar-refractivity contribution in [2.45, 2.75) is 20.5 Å². The normalized spacial score (nSPS) is 10.3. The van der Waals surface area contributed by atoms with E-state index >= 15 is 0 Å². The monoisotopic (exact) mass is 318 g/mol. The van der Waals surface area contributed by atoms with Gasteiger partial charge in [0.25, 0.3) is 0 Å². The lowest BCUT2D eigenvalue weighted by Gasteiger charge is -2.11. The van der Waals surface area contributed by atoms with Crippen molar-refractivity contribution in [1.82, 2.24) is 0 Å². The number of rotatable bonds is 4. The van der Waals surface area contributed by atoms with Crippen LogP contribution in [0.5, 0.6) is 5.75 Å². The fraction of sp³-hybridized carbons (Fsp3) is 0.188. The summed E-state index contributed by atoms with van der Waals surface area (Å²) in [7, 11) is 0. The summed E-state index contributed by atoms with van der Waals surface area (Å²) in [5.41, 5.74) is 4.08. The molecule has 0 amide bonds. The zero-order chi connectivity index (χ0) is 13.8. The summed E-state index contributed by atoms with van der Waals surface area (Å²) in [4.78, 5) is 11.0. The van der Waals surface area contributed by atoms with Gasteiger partial charge in [0.05, 0.1) is 10.0 Å². The van der Waals surface area contributed by atoms with Gasteiger partial charge in [0.1, 0.15) is 12.4 Å². The number of aldehydes is 1. The molecule has 2 aromatic carbocycles. The molecule has 0 saturated carbocycles. The molecule has 0 unspecified atom stereocenters. The van der Waals surface area contributed by atoms with Gasteiger partial charge in [-0.2, -0.15) is 0 Å². The summed E-state index contributed by atoms with van der Waals surface area (Å²) < 4.78 is 6.57. The summed E-state index contributed by atoms with van der Waals surface area (Å²) >= 11 is 3.41.